The summed E-state index contributed by atoms with van der Waals surface area (Å²) in [7, 11) is 0. The van der Waals surface area contributed by atoms with Gasteiger partial charge >= 0.3 is 19.5 Å². The van der Waals surface area contributed by atoms with E-state index in [0.717, 1.165) is 0 Å². The summed E-state index contributed by atoms with van der Waals surface area (Å²) in [4.78, 5) is 18.6. The van der Waals surface area contributed by atoms with Crippen molar-refractivity contribution in [1.82, 2.24) is 0 Å². The van der Waals surface area contributed by atoms with Crippen molar-refractivity contribution >= 4 is 11.9 Å². The first-order valence-electron chi connectivity index (χ1n) is 1.52. The van der Waals surface area contributed by atoms with E-state index < -0.39 is 18.4 Å². The fourth-order valence-corrected chi connectivity index (χ4v) is 0.118. The van der Waals surface area contributed by atoms with Crippen molar-refractivity contribution in [1.29, 1.82) is 0 Å². The normalized spacial score (nSPS) is 7.00. The molecule has 0 heterocycles. The van der Waals surface area contributed by atoms with E-state index in [1.54, 1.807) is 0 Å². The summed E-state index contributed by atoms with van der Waals surface area (Å²) in [5, 5.41) is 18.6. The van der Waals surface area contributed by atoms with E-state index in [1.165, 1.54) is 0 Å². The van der Waals surface area contributed by atoms with E-state index in [0.29, 0.717) is 0 Å². The number of hydrogen-bond donors (Lipinski definition) is 0. The second-order valence-electron chi connectivity index (χ2n) is 0.921. The number of carboxylic acid groups (broad SMARTS) is 2. The minimum atomic E-state index is -1.63. The van der Waals surface area contributed by atoms with Gasteiger partial charge in [0.15, 0.2) is 0 Å². The summed E-state index contributed by atoms with van der Waals surface area (Å²) >= 11 is 0. The topological polar surface area (TPSA) is 80.3 Å². The Bertz CT molecular complexity index is 87.5. The van der Waals surface area contributed by atoms with Crippen LogP contribution in [-0.4, -0.2) is 11.9 Å². The van der Waals surface area contributed by atoms with Crippen LogP contribution in [0.3, 0.4) is 0 Å². The third-order valence-corrected chi connectivity index (χ3v) is 0.289. The van der Waals surface area contributed by atoms with E-state index >= 15 is 0 Å². The van der Waals surface area contributed by atoms with E-state index in [4.69, 9.17) is 0 Å². The van der Waals surface area contributed by atoms with Crippen LogP contribution >= 0.6 is 0 Å². The van der Waals surface area contributed by atoms with Crippen LogP contribution in [0.15, 0.2) is 0 Å². The summed E-state index contributed by atoms with van der Waals surface area (Å²) in [5.74, 6) is -3.25. The van der Waals surface area contributed by atoms with E-state index in [-0.39, 0.29) is 19.5 Å². The summed E-state index contributed by atoms with van der Waals surface area (Å²) < 4.78 is 0. The Kier molecular flexibility index (Phi) is 6.21. The fourth-order valence-electron chi connectivity index (χ4n) is 0.118. The van der Waals surface area contributed by atoms with Gasteiger partial charge in [-0.3, -0.25) is 0 Å². The molecule has 0 atom stereocenters. The molecule has 0 fully saturated rings. The summed E-state index contributed by atoms with van der Waals surface area (Å²) in [6.07, 6.45) is -1.03. The molecule has 0 aliphatic heterocycles. The molecule has 0 aromatic heterocycles. The van der Waals surface area contributed by atoms with E-state index in [9.17, 15) is 19.8 Å². The largest absolute Gasteiger partial charge is 2.00 e. The molecule has 40 valence electrons. The van der Waals surface area contributed by atoms with Crippen molar-refractivity contribution in [2.45, 2.75) is 6.42 Å². The first kappa shape index (κ1) is 10.5. The van der Waals surface area contributed by atoms with Crippen molar-refractivity contribution in [3.8, 4) is 0 Å². The Morgan fingerprint density at radius 2 is 1.38 bits per heavy atom. The molecule has 0 saturated carbocycles. The molecule has 0 N–H and O–H groups in total. The van der Waals surface area contributed by atoms with Crippen LogP contribution < -0.4 is 10.2 Å². The molecule has 5 heteroatoms. The molecule has 0 unspecified atom stereocenters. The van der Waals surface area contributed by atoms with Gasteiger partial charge in [-0.2, -0.15) is 0 Å². The molecule has 0 bridgehead atoms. The SMILES string of the molecule is O=C([O-])CC(=O)[O-].[Zn+2]. The van der Waals surface area contributed by atoms with E-state index in [1.807, 2.05) is 0 Å². The Morgan fingerprint density at radius 3 is 1.38 bits per heavy atom. The van der Waals surface area contributed by atoms with Crippen LogP contribution in [0, 0.1) is 0 Å². The Balaban J connectivity index is 0. The third-order valence-electron chi connectivity index (χ3n) is 0.289. The van der Waals surface area contributed by atoms with Gasteiger partial charge in [0, 0.05) is 18.4 Å². The standard InChI is InChI=1S/C3H4O4.Zn/c4-2(5)1-3(6)7;/h1H2,(H,4,5)(H,6,7);/q;+2/p-2. The zero-order valence-corrected chi connectivity index (χ0v) is 7.01. The molecule has 0 aromatic rings. The average molecular weight is 167 g/mol. The van der Waals surface area contributed by atoms with Gasteiger partial charge in [0.1, 0.15) is 0 Å². The molecular formula is C3H2O4Zn. The van der Waals surface area contributed by atoms with Gasteiger partial charge in [-0.25, -0.2) is 0 Å². The van der Waals surface area contributed by atoms with Gasteiger partial charge < -0.3 is 19.8 Å². The predicted octanol–water partition coefficient (Wildman–Crippen LogP) is -3.13. The summed E-state index contributed by atoms with van der Waals surface area (Å²) in [6, 6.07) is 0. The van der Waals surface area contributed by atoms with Crippen molar-refractivity contribution in [3.63, 3.8) is 0 Å². The molecule has 0 aromatic carbocycles. The average Bonchev–Trinajstić information content (AvgIpc) is 1.27. The maximum Gasteiger partial charge on any atom is 2.00 e. The number of rotatable bonds is 2. The molecule has 0 saturated heterocycles. The van der Waals surface area contributed by atoms with Gasteiger partial charge in [-0.15, -0.1) is 0 Å². The Hall–Kier alpha value is -0.437. The van der Waals surface area contributed by atoms with Gasteiger partial charge in [0.25, 0.3) is 0 Å². The van der Waals surface area contributed by atoms with Crippen LogP contribution in [0.4, 0.5) is 0 Å². The number of aliphatic carboxylic acids is 2. The molecule has 0 spiro atoms. The third kappa shape index (κ3) is 9.12. The van der Waals surface area contributed by atoms with Crippen LogP contribution in [0.5, 0.6) is 0 Å². The maximum atomic E-state index is 9.28. The zero-order valence-electron chi connectivity index (χ0n) is 4.05. The van der Waals surface area contributed by atoms with Crippen molar-refractivity contribution in [2.75, 3.05) is 0 Å². The fraction of sp³-hybridized carbons (Fsp3) is 0.333. The van der Waals surface area contributed by atoms with Crippen molar-refractivity contribution in [3.05, 3.63) is 0 Å². The molecule has 0 aliphatic carbocycles. The van der Waals surface area contributed by atoms with Gasteiger partial charge in [-0.05, 0) is 0 Å². The van der Waals surface area contributed by atoms with Gasteiger partial charge in [0.2, 0.25) is 0 Å². The van der Waals surface area contributed by atoms with Crippen LogP contribution in [0.25, 0.3) is 0 Å². The van der Waals surface area contributed by atoms with Crippen LogP contribution in [0.1, 0.15) is 6.42 Å². The van der Waals surface area contributed by atoms with Crippen molar-refractivity contribution < 1.29 is 39.3 Å². The minimum Gasteiger partial charge on any atom is -0.550 e. The van der Waals surface area contributed by atoms with Crippen LogP contribution in [0.2, 0.25) is 0 Å². The molecule has 0 rings (SSSR count). The zero-order chi connectivity index (χ0) is 5.86. The number of hydrogen-bond acceptors (Lipinski definition) is 4. The smallest absolute Gasteiger partial charge is 0.550 e. The Labute approximate surface area is 58.3 Å². The van der Waals surface area contributed by atoms with Crippen molar-refractivity contribution in [2.24, 2.45) is 0 Å². The molecular weight excluding hydrogens is 165 g/mol. The quantitative estimate of drug-likeness (QED) is 0.322. The van der Waals surface area contributed by atoms with Crippen LogP contribution in [-0.2, 0) is 29.1 Å². The number of carbonyl (C=O) groups is 2. The summed E-state index contributed by atoms with van der Waals surface area (Å²) in [5.41, 5.74) is 0. The second kappa shape index (κ2) is 4.72. The monoisotopic (exact) mass is 166 g/mol. The van der Waals surface area contributed by atoms with E-state index in [2.05, 4.69) is 0 Å². The first-order valence-corrected chi connectivity index (χ1v) is 1.52. The molecule has 8 heavy (non-hydrogen) atoms. The van der Waals surface area contributed by atoms with Gasteiger partial charge in [-0.1, -0.05) is 0 Å². The molecule has 0 aliphatic rings. The maximum absolute atomic E-state index is 9.28. The predicted molar refractivity (Wildman–Crippen MR) is 14.6 cm³/mol. The number of carbonyl (C=O) groups excluding carboxylic acids is 2. The Morgan fingerprint density at radius 1 is 1.12 bits per heavy atom. The first-order chi connectivity index (χ1) is 3.13. The second-order valence-corrected chi connectivity index (χ2v) is 0.921. The summed E-state index contributed by atoms with van der Waals surface area (Å²) in [6.45, 7) is 0. The molecule has 0 radical (unpaired) electrons. The molecule has 4 nitrogen and oxygen atoms in total. The minimum absolute atomic E-state index is 0. The molecule has 0 amide bonds. The number of carboxylic acids is 2. The van der Waals surface area contributed by atoms with Gasteiger partial charge in [0.05, 0.1) is 0 Å².